The summed E-state index contributed by atoms with van der Waals surface area (Å²) in [6, 6.07) is 2.22. The fourth-order valence-electron chi connectivity index (χ4n) is 3.35. The Morgan fingerprint density at radius 1 is 1.34 bits per heavy atom. The minimum atomic E-state index is -0.970. The third-order valence-electron chi connectivity index (χ3n) is 5.02. The molecule has 1 fully saturated rings. The molecule has 1 aliphatic carbocycles. The quantitative estimate of drug-likeness (QED) is 0.802. The summed E-state index contributed by atoms with van der Waals surface area (Å²) in [6.07, 6.45) is 5.08. The Morgan fingerprint density at radius 2 is 2.17 bits per heavy atom. The van der Waals surface area contributed by atoms with E-state index in [0.29, 0.717) is 45.4 Å². The Kier molecular flexibility index (Phi) is 4.23. The van der Waals surface area contributed by atoms with E-state index in [2.05, 4.69) is 38.1 Å². The number of anilines is 2. The van der Waals surface area contributed by atoms with Crippen LogP contribution < -0.4 is 10.2 Å². The molecule has 29 heavy (non-hydrogen) atoms. The molecule has 3 aliphatic rings. The van der Waals surface area contributed by atoms with E-state index >= 15 is 0 Å². The first-order chi connectivity index (χ1) is 14.0. The van der Waals surface area contributed by atoms with E-state index in [4.69, 9.17) is 0 Å². The predicted octanol–water partition coefficient (Wildman–Crippen LogP) is 3.21. The molecule has 0 bridgehead atoms. The van der Waals surface area contributed by atoms with Gasteiger partial charge in [-0.3, -0.25) is 20.2 Å². The molecule has 0 radical (unpaired) electrons. The van der Waals surface area contributed by atoms with Gasteiger partial charge in [0, 0.05) is 34.5 Å². The van der Waals surface area contributed by atoms with Crippen molar-refractivity contribution in [1.82, 2.24) is 15.2 Å². The van der Waals surface area contributed by atoms with E-state index in [-0.39, 0.29) is 12.5 Å². The van der Waals surface area contributed by atoms with Crippen molar-refractivity contribution in [3.63, 3.8) is 0 Å². The van der Waals surface area contributed by atoms with Crippen LogP contribution in [0.15, 0.2) is 40.4 Å². The van der Waals surface area contributed by atoms with Crippen molar-refractivity contribution in [1.29, 1.82) is 0 Å². The molecule has 7 nitrogen and oxygen atoms in total. The lowest BCUT2D eigenvalue weighted by molar-refractivity contribution is -0.115. The number of hydrogen-bond acceptors (Lipinski definition) is 6. The molecule has 1 saturated carbocycles. The van der Waals surface area contributed by atoms with Crippen molar-refractivity contribution in [2.75, 3.05) is 22.5 Å². The molecule has 1 amide bonds. The Morgan fingerprint density at radius 3 is 3.00 bits per heavy atom. The SMILES string of the molecule is C=C1CSc2cc(F)c(F)cc2N1CC(=O)Nc1n[nH]c(C2=CC3CC3C=N2)n1. The monoisotopic (exact) mass is 414 g/mol. The van der Waals surface area contributed by atoms with Gasteiger partial charge in [0.1, 0.15) is 12.2 Å². The van der Waals surface area contributed by atoms with Crippen LogP contribution >= 0.6 is 11.8 Å². The number of carbonyl (C=O) groups is 1. The largest absolute Gasteiger partial charge is 0.334 e. The van der Waals surface area contributed by atoms with Crippen LogP contribution in [0.2, 0.25) is 0 Å². The lowest BCUT2D eigenvalue weighted by Crippen LogP contribution is -2.35. The molecule has 2 N–H and O–H groups in total. The van der Waals surface area contributed by atoms with Crippen LogP contribution in [-0.4, -0.2) is 39.6 Å². The van der Waals surface area contributed by atoms with Crippen molar-refractivity contribution < 1.29 is 13.6 Å². The van der Waals surface area contributed by atoms with Gasteiger partial charge in [-0.25, -0.2) is 8.78 Å². The third-order valence-corrected chi connectivity index (χ3v) is 6.13. The summed E-state index contributed by atoms with van der Waals surface area (Å²) >= 11 is 1.35. The highest BCUT2D eigenvalue weighted by molar-refractivity contribution is 7.99. The lowest BCUT2D eigenvalue weighted by Gasteiger charge is -2.32. The molecule has 0 saturated heterocycles. The zero-order valence-electron chi connectivity index (χ0n) is 15.2. The normalized spacial score (nSPS) is 22.1. The van der Waals surface area contributed by atoms with Gasteiger partial charge in [-0.15, -0.1) is 16.9 Å². The Bertz CT molecular complexity index is 1090. The highest BCUT2D eigenvalue weighted by Crippen LogP contribution is 2.43. The molecule has 2 aromatic rings. The van der Waals surface area contributed by atoms with Gasteiger partial charge in [0.25, 0.3) is 0 Å². The summed E-state index contributed by atoms with van der Waals surface area (Å²) in [6.45, 7) is 3.81. The molecule has 1 aromatic heterocycles. The number of benzene rings is 1. The number of H-pyrrole nitrogens is 1. The molecule has 5 rings (SSSR count). The summed E-state index contributed by atoms with van der Waals surface area (Å²) in [5, 5.41) is 9.41. The average molecular weight is 414 g/mol. The predicted molar refractivity (Wildman–Crippen MR) is 107 cm³/mol. The first-order valence-corrected chi connectivity index (χ1v) is 10.0. The van der Waals surface area contributed by atoms with E-state index in [1.54, 1.807) is 4.90 Å². The van der Waals surface area contributed by atoms with E-state index in [1.807, 2.05) is 6.21 Å². The Balaban J connectivity index is 1.30. The number of aliphatic imine (C=N–C) groups is 1. The highest BCUT2D eigenvalue weighted by Gasteiger charge is 2.36. The van der Waals surface area contributed by atoms with Gasteiger partial charge in [-0.1, -0.05) is 12.7 Å². The topological polar surface area (TPSA) is 86.3 Å². The number of nitrogens with one attached hydrogen (secondary N) is 2. The summed E-state index contributed by atoms with van der Waals surface area (Å²) < 4.78 is 27.2. The second-order valence-corrected chi connectivity index (χ2v) is 8.14. The second kappa shape index (κ2) is 6.80. The van der Waals surface area contributed by atoms with Crippen molar-refractivity contribution >= 4 is 41.2 Å². The number of aromatic amines is 1. The summed E-state index contributed by atoms with van der Waals surface area (Å²) in [4.78, 5) is 23.3. The first kappa shape index (κ1) is 18.0. The summed E-state index contributed by atoms with van der Waals surface area (Å²) in [5.74, 6) is -0.143. The van der Waals surface area contributed by atoms with Crippen LogP contribution in [0.1, 0.15) is 12.2 Å². The van der Waals surface area contributed by atoms with Crippen LogP contribution in [0.25, 0.3) is 5.70 Å². The second-order valence-electron chi connectivity index (χ2n) is 7.12. The van der Waals surface area contributed by atoms with Gasteiger partial charge in [-0.2, -0.15) is 4.98 Å². The van der Waals surface area contributed by atoms with Gasteiger partial charge in [0.15, 0.2) is 17.5 Å². The van der Waals surface area contributed by atoms with Crippen LogP contribution in [-0.2, 0) is 4.79 Å². The van der Waals surface area contributed by atoms with Crippen molar-refractivity contribution in [2.45, 2.75) is 11.3 Å². The highest BCUT2D eigenvalue weighted by atomic mass is 32.2. The minimum absolute atomic E-state index is 0.119. The van der Waals surface area contributed by atoms with Gasteiger partial charge in [-0.05, 0) is 18.4 Å². The number of rotatable bonds is 4. The molecule has 2 unspecified atom stereocenters. The molecule has 2 aliphatic heterocycles. The molecule has 0 spiro atoms. The smallest absolute Gasteiger partial charge is 0.249 e. The number of fused-ring (bicyclic) bond motifs is 2. The number of thioether (sulfide) groups is 1. The van der Waals surface area contributed by atoms with Crippen molar-refractivity contribution in [3.05, 3.63) is 47.9 Å². The number of carbonyl (C=O) groups excluding carboxylic acids is 1. The van der Waals surface area contributed by atoms with Gasteiger partial charge >= 0.3 is 0 Å². The Hall–Kier alpha value is -3.01. The van der Waals surface area contributed by atoms with E-state index in [1.165, 1.54) is 11.8 Å². The number of aromatic nitrogens is 3. The van der Waals surface area contributed by atoms with E-state index < -0.39 is 17.5 Å². The van der Waals surface area contributed by atoms with Crippen LogP contribution in [0, 0.1) is 23.5 Å². The molecule has 1 aromatic carbocycles. The first-order valence-electron chi connectivity index (χ1n) is 9.04. The standard InChI is InChI=1S/C19H16F2N6OS/c1-9-8-29-16-5-13(21)12(20)4-15(16)27(9)7-17(28)23-19-24-18(25-26-19)14-3-10-2-11(10)6-22-14/h3-6,10-11H,1-2,7-8H2,(H2,23,24,25,26,28). The van der Waals surface area contributed by atoms with Gasteiger partial charge < -0.3 is 4.90 Å². The van der Waals surface area contributed by atoms with Crippen molar-refractivity contribution in [3.8, 4) is 0 Å². The Labute approximate surface area is 169 Å². The molecule has 2 atom stereocenters. The maximum atomic E-state index is 13.7. The number of hydrogen-bond donors (Lipinski definition) is 2. The van der Waals surface area contributed by atoms with Gasteiger partial charge in [0.2, 0.25) is 11.9 Å². The number of amides is 1. The minimum Gasteiger partial charge on any atom is -0.334 e. The molecular formula is C19H16F2N6OS. The van der Waals surface area contributed by atoms with Crippen LogP contribution in [0.3, 0.4) is 0 Å². The fourth-order valence-corrected chi connectivity index (χ4v) is 4.33. The lowest BCUT2D eigenvalue weighted by atomic mass is 10.2. The van der Waals surface area contributed by atoms with Gasteiger partial charge in [0.05, 0.1) is 5.69 Å². The fraction of sp³-hybridized carbons (Fsp3) is 0.263. The van der Waals surface area contributed by atoms with E-state index in [9.17, 15) is 13.6 Å². The number of halogens is 2. The maximum Gasteiger partial charge on any atom is 0.249 e. The summed E-state index contributed by atoms with van der Waals surface area (Å²) in [7, 11) is 0. The molecule has 3 heterocycles. The zero-order valence-corrected chi connectivity index (χ0v) is 16.0. The van der Waals surface area contributed by atoms with E-state index in [0.717, 1.165) is 18.6 Å². The molecule has 148 valence electrons. The number of allylic oxidation sites excluding steroid dienone is 1. The average Bonchev–Trinajstić information content (AvgIpc) is 3.33. The zero-order chi connectivity index (χ0) is 20.1. The maximum absolute atomic E-state index is 13.7. The van der Waals surface area contributed by atoms with Crippen molar-refractivity contribution in [2.24, 2.45) is 16.8 Å². The third kappa shape index (κ3) is 3.44. The summed E-state index contributed by atoms with van der Waals surface area (Å²) in [5.41, 5.74) is 1.75. The van der Waals surface area contributed by atoms with Crippen LogP contribution in [0.4, 0.5) is 20.4 Å². The van der Waals surface area contributed by atoms with Crippen LogP contribution in [0.5, 0.6) is 0 Å². The number of nitrogens with zero attached hydrogens (tertiary/aromatic N) is 4. The molecular weight excluding hydrogens is 398 g/mol. The molecule has 10 heteroatoms.